The van der Waals surface area contributed by atoms with E-state index in [9.17, 15) is 9.90 Å². The number of rotatable bonds is 9. The Morgan fingerprint density at radius 2 is 1.58 bits per heavy atom. The van der Waals surface area contributed by atoms with Crippen LogP contribution in [0.15, 0.2) is 35.9 Å². The van der Waals surface area contributed by atoms with E-state index in [2.05, 4.69) is 19.1 Å². The van der Waals surface area contributed by atoms with Crippen LogP contribution in [0, 0.1) is 17.8 Å². The van der Waals surface area contributed by atoms with Gasteiger partial charge in [-0.15, -0.1) is 0 Å². The number of carbonyl (C=O) groups is 1. The van der Waals surface area contributed by atoms with Gasteiger partial charge in [0.2, 0.25) is 0 Å². The molecule has 0 aromatic heterocycles. The lowest BCUT2D eigenvalue weighted by Gasteiger charge is -2.38. The Bertz CT molecular complexity index is 689. The SMILES string of the molecule is C/C=C(\CO)C(=O)Oc1ccc(C2CCC(C3CCC(CCCCC)CC3)CC2)cc1. The summed E-state index contributed by atoms with van der Waals surface area (Å²) in [5, 5.41) is 9.19. The Labute approximate surface area is 189 Å². The van der Waals surface area contributed by atoms with Crippen LogP contribution in [0.3, 0.4) is 0 Å². The lowest BCUT2D eigenvalue weighted by Crippen LogP contribution is -2.25. The molecule has 0 radical (unpaired) electrons. The van der Waals surface area contributed by atoms with Crippen LogP contribution in [-0.4, -0.2) is 17.7 Å². The van der Waals surface area contributed by atoms with Crippen LogP contribution in [0.1, 0.15) is 102 Å². The monoisotopic (exact) mass is 426 g/mol. The van der Waals surface area contributed by atoms with Crippen LogP contribution in [0.25, 0.3) is 0 Å². The van der Waals surface area contributed by atoms with Crippen molar-refractivity contribution in [2.45, 2.75) is 96.8 Å². The number of carbonyl (C=O) groups excluding carboxylic acids is 1. The van der Waals surface area contributed by atoms with E-state index in [1.165, 1.54) is 82.6 Å². The number of aliphatic hydroxyl groups is 1. The molecular weight excluding hydrogens is 384 g/mol. The zero-order chi connectivity index (χ0) is 22.1. The highest BCUT2D eigenvalue weighted by Crippen LogP contribution is 2.44. The third-order valence-corrected chi connectivity index (χ3v) is 7.89. The summed E-state index contributed by atoms with van der Waals surface area (Å²) in [5.74, 6) is 3.62. The third kappa shape index (κ3) is 6.94. The molecule has 0 spiro atoms. The number of allylic oxidation sites excluding steroid dienone is 1. The maximum Gasteiger partial charge on any atom is 0.341 e. The van der Waals surface area contributed by atoms with Gasteiger partial charge < -0.3 is 9.84 Å². The van der Waals surface area contributed by atoms with Crippen molar-refractivity contribution in [3.63, 3.8) is 0 Å². The van der Waals surface area contributed by atoms with Gasteiger partial charge in [-0.1, -0.05) is 63.7 Å². The van der Waals surface area contributed by atoms with Crippen molar-refractivity contribution in [3.8, 4) is 5.75 Å². The van der Waals surface area contributed by atoms with Crippen LogP contribution < -0.4 is 4.74 Å². The first-order chi connectivity index (χ1) is 15.1. The zero-order valence-corrected chi connectivity index (χ0v) is 19.7. The maximum absolute atomic E-state index is 12.0. The van der Waals surface area contributed by atoms with Gasteiger partial charge in [-0.25, -0.2) is 4.79 Å². The molecule has 3 nitrogen and oxygen atoms in total. The average Bonchev–Trinajstić information content (AvgIpc) is 2.81. The Morgan fingerprint density at radius 3 is 2.13 bits per heavy atom. The van der Waals surface area contributed by atoms with Crippen LogP contribution in [0.2, 0.25) is 0 Å². The second-order valence-electron chi connectivity index (χ2n) is 9.82. The normalized spacial score (nSPS) is 27.1. The van der Waals surface area contributed by atoms with Gasteiger partial charge in [-0.05, 0) is 86.8 Å². The number of aliphatic hydroxyl groups excluding tert-OH is 1. The van der Waals surface area contributed by atoms with Crippen LogP contribution >= 0.6 is 0 Å². The smallest absolute Gasteiger partial charge is 0.341 e. The standard InChI is InChI=1S/C28H42O3/c1-3-5-6-7-21-8-10-23(11-9-21)24-12-14-25(15-13-24)26-16-18-27(19-17-26)31-28(30)22(4-2)20-29/h4,16-19,21,23-25,29H,3,5-15,20H2,1-2H3/b22-4+. The highest BCUT2D eigenvalue weighted by molar-refractivity contribution is 5.90. The molecule has 3 rings (SSSR count). The van der Waals surface area contributed by atoms with E-state index < -0.39 is 5.97 Å². The Morgan fingerprint density at radius 1 is 0.968 bits per heavy atom. The van der Waals surface area contributed by atoms with Gasteiger partial charge in [0, 0.05) is 0 Å². The summed E-state index contributed by atoms with van der Waals surface area (Å²) >= 11 is 0. The molecule has 0 atom stereocenters. The Hall–Kier alpha value is -1.61. The molecule has 2 fully saturated rings. The Balaban J connectivity index is 1.42. The number of hydrogen-bond acceptors (Lipinski definition) is 3. The fourth-order valence-corrected chi connectivity index (χ4v) is 5.81. The van der Waals surface area contributed by atoms with Crippen molar-refractivity contribution in [3.05, 3.63) is 41.5 Å². The molecular formula is C28H42O3. The molecule has 31 heavy (non-hydrogen) atoms. The number of hydrogen-bond donors (Lipinski definition) is 1. The quantitative estimate of drug-likeness (QED) is 0.197. The number of benzene rings is 1. The molecule has 2 aliphatic carbocycles. The van der Waals surface area contributed by atoms with Crippen LogP contribution in [0.4, 0.5) is 0 Å². The molecule has 0 bridgehead atoms. The average molecular weight is 427 g/mol. The molecule has 0 saturated heterocycles. The molecule has 172 valence electrons. The van der Waals surface area contributed by atoms with Gasteiger partial charge in [0.1, 0.15) is 5.75 Å². The van der Waals surface area contributed by atoms with Gasteiger partial charge >= 0.3 is 5.97 Å². The summed E-state index contributed by atoms with van der Waals surface area (Å²) in [5.41, 5.74) is 1.66. The molecule has 0 amide bonds. The maximum atomic E-state index is 12.0. The molecule has 0 unspecified atom stereocenters. The molecule has 1 aromatic carbocycles. The van der Waals surface area contributed by atoms with Crippen molar-refractivity contribution in [1.29, 1.82) is 0 Å². The molecule has 2 saturated carbocycles. The summed E-state index contributed by atoms with van der Waals surface area (Å²) in [6.07, 6.45) is 18.4. The van der Waals surface area contributed by atoms with E-state index in [1.807, 2.05) is 12.1 Å². The van der Waals surface area contributed by atoms with E-state index >= 15 is 0 Å². The molecule has 1 N–H and O–H groups in total. The summed E-state index contributed by atoms with van der Waals surface area (Å²) in [4.78, 5) is 12.0. The fraction of sp³-hybridized carbons (Fsp3) is 0.679. The van der Waals surface area contributed by atoms with Gasteiger partial charge in [-0.2, -0.15) is 0 Å². The number of unbranched alkanes of at least 4 members (excludes halogenated alkanes) is 2. The number of ether oxygens (including phenoxy) is 1. The predicted octanol–water partition coefficient (Wildman–Crippen LogP) is 7.19. The minimum Gasteiger partial charge on any atom is -0.423 e. The van der Waals surface area contributed by atoms with Crippen molar-refractivity contribution in [1.82, 2.24) is 0 Å². The minimum atomic E-state index is -0.474. The van der Waals surface area contributed by atoms with Gasteiger partial charge in [0.05, 0.1) is 12.2 Å². The van der Waals surface area contributed by atoms with Crippen LogP contribution in [0.5, 0.6) is 5.75 Å². The summed E-state index contributed by atoms with van der Waals surface area (Å²) in [6.45, 7) is 3.73. The van der Waals surface area contributed by atoms with Gasteiger partial charge in [-0.3, -0.25) is 0 Å². The van der Waals surface area contributed by atoms with Crippen molar-refractivity contribution < 1.29 is 14.6 Å². The van der Waals surface area contributed by atoms with Gasteiger partial charge in [0.25, 0.3) is 0 Å². The third-order valence-electron chi connectivity index (χ3n) is 7.89. The highest BCUT2D eigenvalue weighted by atomic mass is 16.5. The summed E-state index contributed by atoms with van der Waals surface area (Å²) < 4.78 is 5.37. The largest absolute Gasteiger partial charge is 0.423 e. The topological polar surface area (TPSA) is 46.5 Å². The molecule has 0 heterocycles. The molecule has 0 aliphatic heterocycles. The second kappa shape index (κ2) is 12.4. The number of esters is 1. The fourth-order valence-electron chi connectivity index (χ4n) is 5.81. The van der Waals surface area contributed by atoms with E-state index in [-0.39, 0.29) is 12.2 Å². The van der Waals surface area contributed by atoms with Crippen molar-refractivity contribution in [2.75, 3.05) is 6.61 Å². The highest BCUT2D eigenvalue weighted by Gasteiger charge is 2.31. The van der Waals surface area contributed by atoms with Gasteiger partial charge in [0.15, 0.2) is 0 Å². The lowest BCUT2D eigenvalue weighted by molar-refractivity contribution is -0.130. The van der Waals surface area contributed by atoms with E-state index in [1.54, 1.807) is 13.0 Å². The molecule has 2 aliphatic rings. The molecule has 1 aromatic rings. The summed E-state index contributed by atoms with van der Waals surface area (Å²) in [7, 11) is 0. The van der Waals surface area contributed by atoms with Crippen molar-refractivity contribution in [2.24, 2.45) is 17.8 Å². The first-order valence-electron chi connectivity index (χ1n) is 12.7. The minimum absolute atomic E-state index is 0.289. The zero-order valence-electron chi connectivity index (χ0n) is 19.7. The van der Waals surface area contributed by atoms with E-state index in [0.29, 0.717) is 11.7 Å². The van der Waals surface area contributed by atoms with E-state index in [4.69, 9.17) is 4.74 Å². The first-order valence-corrected chi connectivity index (χ1v) is 12.7. The predicted molar refractivity (Wildman–Crippen MR) is 127 cm³/mol. The van der Waals surface area contributed by atoms with Crippen LogP contribution in [-0.2, 0) is 4.79 Å². The van der Waals surface area contributed by atoms with E-state index in [0.717, 1.165) is 17.8 Å². The second-order valence-corrected chi connectivity index (χ2v) is 9.82. The molecule has 3 heteroatoms. The summed E-state index contributed by atoms with van der Waals surface area (Å²) in [6, 6.07) is 8.01. The lowest BCUT2D eigenvalue weighted by atomic mass is 9.68. The van der Waals surface area contributed by atoms with Crippen molar-refractivity contribution >= 4 is 5.97 Å². The first kappa shape index (κ1) is 24.0. The Kier molecular flexibility index (Phi) is 9.64.